The molecule has 1 unspecified atom stereocenters. The molecule has 0 bridgehead atoms. The van der Waals surface area contributed by atoms with Gasteiger partial charge in [-0.25, -0.2) is 0 Å². The van der Waals surface area contributed by atoms with Crippen LogP contribution >= 0.6 is 11.6 Å². The molecule has 3 heteroatoms. The van der Waals surface area contributed by atoms with Gasteiger partial charge in [0.25, 0.3) is 0 Å². The van der Waals surface area contributed by atoms with Crippen molar-refractivity contribution in [3.8, 4) is 5.75 Å². The molecule has 0 amide bonds. The van der Waals surface area contributed by atoms with E-state index in [0.717, 1.165) is 17.7 Å². The van der Waals surface area contributed by atoms with Crippen molar-refractivity contribution >= 4 is 11.6 Å². The Morgan fingerprint density at radius 3 is 2.50 bits per heavy atom. The van der Waals surface area contributed by atoms with Gasteiger partial charge in [0.15, 0.2) is 0 Å². The second kappa shape index (κ2) is 5.89. The van der Waals surface area contributed by atoms with Crippen molar-refractivity contribution in [1.82, 2.24) is 0 Å². The van der Waals surface area contributed by atoms with E-state index >= 15 is 0 Å². The molecule has 94 valence electrons. The predicted molar refractivity (Wildman–Crippen MR) is 75.1 cm³/mol. The molecule has 0 saturated heterocycles. The van der Waals surface area contributed by atoms with Crippen molar-refractivity contribution in [3.05, 3.63) is 64.7 Å². The van der Waals surface area contributed by atoms with Crippen molar-refractivity contribution in [1.29, 1.82) is 0 Å². The van der Waals surface area contributed by atoms with E-state index in [2.05, 4.69) is 12.1 Å². The maximum Gasteiger partial charge on any atom is 0.120 e. The fourth-order valence-corrected chi connectivity index (χ4v) is 2.22. The maximum atomic E-state index is 6.21. The molecular formula is C15H16ClNO. The number of nitrogens with two attached hydrogens (primary N) is 1. The normalized spacial score (nSPS) is 12.2. The molecule has 1 atom stereocenters. The van der Waals surface area contributed by atoms with E-state index in [1.54, 1.807) is 13.2 Å². The minimum atomic E-state index is -0.106. The number of benzene rings is 2. The van der Waals surface area contributed by atoms with Gasteiger partial charge in [-0.1, -0.05) is 48.0 Å². The first kappa shape index (κ1) is 12.9. The molecule has 0 aliphatic carbocycles. The van der Waals surface area contributed by atoms with Crippen LogP contribution in [0.5, 0.6) is 5.75 Å². The SMILES string of the molecule is COc1ccc(C(N)Cc2ccccc2)c(Cl)c1. The third-order valence-electron chi connectivity index (χ3n) is 2.91. The molecule has 2 nitrogen and oxygen atoms in total. The molecule has 0 aliphatic heterocycles. The zero-order valence-corrected chi connectivity index (χ0v) is 11.0. The molecule has 0 radical (unpaired) electrons. The van der Waals surface area contributed by atoms with E-state index in [-0.39, 0.29) is 6.04 Å². The van der Waals surface area contributed by atoms with Crippen LogP contribution in [0, 0.1) is 0 Å². The Bertz CT molecular complexity index is 513. The molecule has 0 heterocycles. The smallest absolute Gasteiger partial charge is 0.120 e. The van der Waals surface area contributed by atoms with Gasteiger partial charge in [0, 0.05) is 11.1 Å². The average molecular weight is 262 g/mol. The van der Waals surface area contributed by atoms with Crippen LogP contribution in [-0.4, -0.2) is 7.11 Å². The second-order valence-electron chi connectivity index (χ2n) is 4.18. The lowest BCUT2D eigenvalue weighted by Crippen LogP contribution is -2.13. The van der Waals surface area contributed by atoms with E-state index in [0.29, 0.717) is 5.02 Å². The predicted octanol–water partition coefficient (Wildman–Crippen LogP) is 3.59. The van der Waals surface area contributed by atoms with E-state index in [9.17, 15) is 0 Å². The largest absolute Gasteiger partial charge is 0.497 e. The van der Waals surface area contributed by atoms with Crippen LogP contribution < -0.4 is 10.5 Å². The molecule has 0 saturated carbocycles. The van der Waals surface area contributed by atoms with Gasteiger partial charge in [-0.3, -0.25) is 0 Å². The van der Waals surface area contributed by atoms with E-state index in [4.69, 9.17) is 22.1 Å². The molecule has 0 spiro atoms. The van der Waals surface area contributed by atoms with Crippen molar-refractivity contribution in [2.75, 3.05) is 7.11 Å². The summed E-state index contributed by atoms with van der Waals surface area (Å²) < 4.78 is 5.12. The minimum absolute atomic E-state index is 0.106. The molecule has 0 fully saturated rings. The van der Waals surface area contributed by atoms with Crippen LogP contribution in [0.25, 0.3) is 0 Å². The van der Waals surface area contributed by atoms with E-state index < -0.39 is 0 Å². The Labute approximate surface area is 112 Å². The van der Waals surface area contributed by atoms with Crippen molar-refractivity contribution in [2.24, 2.45) is 5.73 Å². The Balaban J connectivity index is 2.16. The van der Waals surface area contributed by atoms with E-state index in [1.165, 1.54) is 5.56 Å². The van der Waals surface area contributed by atoms with Gasteiger partial charge in [-0.15, -0.1) is 0 Å². The van der Waals surface area contributed by atoms with Crippen molar-refractivity contribution in [3.63, 3.8) is 0 Å². The summed E-state index contributed by atoms with van der Waals surface area (Å²) in [5.74, 6) is 0.746. The first-order chi connectivity index (χ1) is 8.70. The molecule has 2 rings (SSSR count). The summed E-state index contributed by atoms with van der Waals surface area (Å²) in [5.41, 5.74) is 8.35. The summed E-state index contributed by atoms with van der Waals surface area (Å²) >= 11 is 6.21. The zero-order chi connectivity index (χ0) is 13.0. The highest BCUT2D eigenvalue weighted by atomic mass is 35.5. The van der Waals surface area contributed by atoms with Crippen LogP contribution in [-0.2, 0) is 6.42 Å². The van der Waals surface area contributed by atoms with Crippen LogP contribution in [0.15, 0.2) is 48.5 Å². The molecule has 18 heavy (non-hydrogen) atoms. The summed E-state index contributed by atoms with van der Waals surface area (Å²) in [4.78, 5) is 0. The van der Waals surface area contributed by atoms with Crippen molar-refractivity contribution < 1.29 is 4.74 Å². The van der Waals surface area contributed by atoms with Crippen molar-refractivity contribution in [2.45, 2.75) is 12.5 Å². The summed E-state index contributed by atoms with van der Waals surface area (Å²) in [6, 6.07) is 15.6. The third kappa shape index (κ3) is 3.03. The van der Waals surface area contributed by atoms with Crippen LogP contribution in [0.4, 0.5) is 0 Å². The first-order valence-electron chi connectivity index (χ1n) is 5.83. The number of methoxy groups -OCH3 is 1. The van der Waals surface area contributed by atoms with Gasteiger partial charge in [-0.05, 0) is 29.7 Å². The van der Waals surface area contributed by atoms with Crippen LogP contribution in [0.1, 0.15) is 17.2 Å². The third-order valence-corrected chi connectivity index (χ3v) is 3.23. The second-order valence-corrected chi connectivity index (χ2v) is 4.59. The Morgan fingerprint density at radius 2 is 1.89 bits per heavy atom. The summed E-state index contributed by atoms with van der Waals surface area (Å²) in [5, 5.41) is 0.651. The summed E-state index contributed by atoms with van der Waals surface area (Å²) in [6.45, 7) is 0. The average Bonchev–Trinajstić information content (AvgIpc) is 2.39. The number of hydrogen-bond acceptors (Lipinski definition) is 2. The van der Waals surface area contributed by atoms with Gasteiger partial charge < -0.3 is 10.5 Å². The van der Waals surface area contributed by atoms with Gasteiger partial charge >= 0.3 is 0 Å². The molecule has 0 aliphatic rings. The van der Waals surface area contributed by atoms with Crippen LogP contribution in [0.3, 0.4) is 0 Å². The Hall–Kier alpha value is -1.51. The highest BCUT2D eigenvalue weighted by Crippen LogP contribution is 2.27. The van der Waals surface area contributed by atoms with E-state index in [1.807, 2.05) is 30.3 Å². The number of ether oxygens (including phenoxy) is 1. The number of rotatable bonds is 4. The first-order valence-corrected chi connectivity index (χ1v) is 6.21. The monoisotopic (exact) mass is 261 g/mol. The lowest BCUT2D eigenvalue weighted by atomic mass is 9.99. The molecule has 0 aromatic heterocycles. The molecule has 2 aromatic rings. The van der Waals surface area contributed by atoms with Crippen LogP contribution in [0.2, 0.25) is 5.02 Å². The topological polar surface area (TPSA) is 35.2 Å². The lowest BCUT2D eigenvalue weighted by molar-refractivity contribution is 0.414. The summed E-state index contributed by atoms with van der Waals surface area (Å²) in [7, 11) is 1.62. The van der Waals surface area contributed by atoms with Gasteiger partial charge in [0.05, 0.1) is 7.11 Å². The quantitative estimate of drug-likeness (QED) is 0.913. The standard InChI is InChI=1S/C15H16ClNO/c1-18-12-7-8-13(14(16)10-12)15(17)9-11-5-3-2-4-6-11/h2-8,10,15H,9,17H2,1H3. The maximum absolute atomic E-state index is 6.21. The highest BCUT2D eigenvalue weighted by Gasteiger charge is 2.11. The molecule has 2 aromatic carbocycles. The number of hydrogen-bond donors (Lipinski definition) is 1. The number of halogens is 1. The fourth-order valence-electron chi connectivity index (χ4n) is 1.91. The highest BCUT2D eigenvalue weighted by molar-refractivity contribution is 6.31. The van der Waals surface area contributed by atoms with Gasteiger partial charge in [0.2, 0.25) is 0 Å². The summed E-state index contributed by atoms with van der Waals surface area (Å²) in [6.07, 6.45) is 0.771. The zero-order valence-electron chi connectivity index (χ0n) is 10.3. The van der Waals surface area contributed by atoms with Gasteiger partial charge in [-0.2, -0.15) is 0 Å². The molecule has 2 N–H and O–H groups in total. The Kier molecular flexibility index (Phi) is 4.24. The fraction of sp³-hybridized carbons (Fsp3) is 0.200. The molecular weight excluding hydrogens is 246 g/mol. The Morgan fingerprint density at radius 1 is 1.17 bits per heavy atom. The lowest BCUT2D eigenvalue weighted by Gasteiger charge is -2.14. The minimum Gasteiger partial charge on any atom is -0.497 e. The van der Waals surface area contributed by atoms with Gasteiger partial charge in [0.1, 0.15) is 5.75 Å².